The molecule has 1 saturated heterocycles. The smallest absolute Gasteiger partial charge is 0.165 e. The van der Waals surface area contributed by atoms with E-state index in [1.54, 1.807) is 37.7 Å². The van der Waals surface area contributed by atoms with Crippen molar-refractivity contribution in [2.75, 3.05) is 45.8 Å². The number of likely N-dealkylation sites (tertiary alicyclic amines) is 1. The van der Waals surface area contributed by atoms with Crippen LogP contribution in [0.3, 0.4) is 0 Å². The molecule has 0 spiro atoms. The van der Waals surface area contributed by atoms with Gasteiger partial charge in [-0.25, -0.2) is 4.39 Å². The summed E-state index contributed by atoms with van der Waals surface area (Å²) in [6, 6.07) is 19.5. The molecule has 3 aromatic carbocycles. The van der Waals surface area contributed by atoms with Crippen LogP contribution in [0, 0.1) is 5.82 Å². The van der Waals surface area contributed by atoms with Gasteiger partial charge in [0.2, 0.25) is 0 Å². The predicted octanol–water partition coefficient (Wildman–Crippen LogP) is 7.20. The van der Waals surface area contributed by atoms with Crippen molar-refractivity contribution in [2.45, 2.75) is 25.8 Å². The van der Waals surface area contributed by atoms with Gasteiger partial charge in [0.25, 0.3) is 0 Å². The lowest BCUT2D eigenvalue weighted by atomic mass is 10.1. The molecule has 0 aliphatic carbocycles. The molecule has 5 nitrogen and oxygen atoms in total. The van der Waals surface area contributed by atoms with Crippen molar-refractivity contribution in [1.29, 1.82) is 0 Å². The number of nitrogens with one attached hydrogen (secondary N) is 1. The Morgan fingerprint density at radius 3 is 2.46 bits per heavy atom. The maximum absolute atomic E-state index is 14.8. The molecule has 7 heteroatoms. The highest BCUT2D eigenvalue weighted by Gasteiger charge is 2.13. The number of nitrogens with zero attached hydrogens (tertiary/aromatic N) is 1. The van der Waals surface area contributed by atoms with Crippen molar-refractivity contribution < 1.29 is 18.6 Å². The van der Waals surface area contributed by atoms with Crippen LogP contribution in [-0.4, -0.2) is 45.4 Å². The number of rotatable bonds is 10. The number of anilines is 1. The Hall–Kier alpha value is -3.29. The highest BCUT2D eigenvalue weighted by atomic mass is 32.1. The lowest BCUT2D eigenvalue weighted by Gasteiger charge is -2.26. The van der Waals surface area contributed by atoms with Crippen molar-refractivity contribution in [3.63, 3.8) is 0 Å². The number of ether oxygens (including phenoxy) is 3. The molecule has 1 fully saturated rings. The van der Waals surface area contributed by atoms with Crippen LogP contribution in [0.2, 0.25) is 0 Å². The largest absolute Gasteiger partial charge is 0.497 e. The lowest BCUT2D eigenvalue weighted by Crippen LogP contribution is -2.33. The van der Waals surface area contributed by atoms with Gasteiger partial charge in [-0.1, -0.05) is 12.5 Å². The topological polar surface area (TPSA) is 43.0 Å². The van der Waals surface area contributed by atoms with Gasteiger partial charge in [0.15, 0.2) is 11.6 Å². The number of methoxy groups -OCH3 is 2. The van der Waals surface area contributed by atoms with Crippen LogP contribution < -0.4 is 19.5 Å². The van der Waals surface area contributed by atoms with Gasteiger partial charge in [0.1, 0.15) is 18.1 Å². The highest BCUT2D eigenvalue weighted by Crippen LogP contribution is 2.40. The molecule has 1 aliphatic rings. The second kappa shape index (κ2) is 11.8. The van der Waals surface area contributed by atoms with E-state index in [1.807, 2.05) is 30.3 Å². The summed E-state index contributed by atoms with van der Waals surface area (Å²) in [7, 11) is 3.33. The molecule has 4 aromatic rings. The molecule has 0 unspecified atom stereocenters. The minimum Gasteiger partial charge on any atom is -0.497 e. The Bertz CT molecular complexity index is 1350. The molecule has 1 aliphatic heterocycles. The zero-order chi connectivity index (χ0) is 25.6. The molecule has 0 saturated carbocycles. The highest BCUT2D eigenvalue weighted by molar-refractivity contribution is 7.22. The summed E-state index contributed by atoms with van der Waals surface area (Å²) in [5.41, 5.74) is 2.84. The number of piperidine rings is 1. The van der Waals surface area contributed by atoms with E-state index in [2.05, 4.69) is 28.4 Å². The van der Waals surface area contributed by atoms with Crippen LogP contribution >= 0.6 is 11.3 Å². The number of benzene rings is 3. The monoisotopic (exact) mass is 520 g/mol. The Labute approximate surface area is 221 Å². The summed E-state index contributed by atoms with van der Waals surface area (Å²) in [5.74, 6) is 1.58. The van der Waals surface area contributed by atoms with E-state index in [-0.39, 0.29) is 5.82 Å². The molecular formula is C30H33FN2O3S. The zero-order valence-corrected chi connectivity index (χ0v) is 22.2. The fourth-order valence-corrected chi connectivity index (χ4v) is 5.81. The van der Waals surface area contributed by atoms with Gasteiger partial charge in [-0.3, -0.25) is 4.90 Å². The molecule has 0 atom stereocenters. The Morgan fingerprint density at radius 1 is 0.892 bits per heavy atom. The number of hydrogen-bond donors (Lipinski definition) is 1. The minimum atomic E-state index is -0.331. The van der Waals surface area contributed by atoms with E-state index in [1.165, 1.54) is 24.0 Å². The van der Waals surface area contributed by atoms with Crippen molar-refractivity contribution in [1.82, 2.24) is 4.90 Å². The summed E-state index contributed by atoms with van der Waals surface area (Å²) in [5, 5.41) is 4.63. The first kappa shape index (κ1) is 25.4. The molecule has 0 radical (unpaired) electrons. The van der Waals surface area contributed by atoms with Crippen molar-refractivity contribution in [2.24, 2.45) is 0 Å². The first-order valence-electron chi connectivity index (χ1n) is 12.8. The molecular weight excluding hydrogens is 487 g/mol. The molecule has 0 bridgehead atoms. The summed E-state index contributed by atoms with van der Waals surface area (Å²) in [4.78, 5) is 3.52. The molecule has 5 rings (SSSR count). The van der Waals surface area contributed by atoms with Crippen LogP contribution in [0.15, 0.2) is 60.7 Å². The van der Waals surface area contributed by atoms with Crippen LogP contribution in [0.25, 0.3) is 20.5 Å². The Morgan fingerprint density at radius 2 is 1.68 bits per heavy atom. The van der Waals surface area contributed by atoms with Crippen molar-refractivity contribution >= 4 is 27.1 Å². The van der Waals surface area contributed by atoms with Gasteiger partial charge in [-0.05, 0) is 85.4 Å². The fraction of sp³-hybridized carbons (Fsp3) is 0.333. The average molecular weight is 521 g/mol. The van der Waals surface area contributed by atoms with E-state index in [9.17, 15) is 4.39 Å². The summed E-state index contributed by atoms with van der Waals surface area (Å²) < 4.78 is 32.6. The second-order valence-corrected chi connectivity index (χ2v) is 10.4. The van der Waals surface area contributed by atoms with E-state index in [0.29, 0.717) is 18.9 Å². The van der Waals surface area contributed by atoms with Gasteiger partial charge in [0.05, 0.1) is 14.2 Å². The summed E-state index contributed by atoms with van der Waals surface area (Å²) in [6.07, 6.45) is 3.78. The van der Waals surface area contributed by atoms with Crippen molar-refractivity contribution in [3.05, 3.63) is 72.0 Å². The number of hydrogen-bond acceptors (Lipinski definition) is 6. The average Bonchev–Trinajstić information content (AvgIpc) is 3.36. The van der Waals surface area contributed by atoms with Crippen LogP contribution in [0.5, 0.6) is 17.2 Å². The maximum atomic E-state index is 14.8. The third-order valence-electron chi connectivity index (χ3n) is 6.81. The van der Waals surface area contributed by atoms with E-state index >= 15 is 0 Å². The zero-order valence-electron chi connectivity index (χ0n) is 21.4. The third kappa shape index (κ3) is 6.17. The summed E-state index contributed by atoms with van der Waals surface area (Å²) >= 11 is 1.72. The number of halogens is 1. The van der Waals surface area contributed by atoms with Crippen LogP contribution in [0.1, 0.15) is 24.8 Å². The standard InChI is InChI=1S/C30H33FN2O3S/c1-34-23-8-11-29-22(17-23)18-30(37-29)25-9-7-24(35-2)19-27(25)32-20-21-6-10-28(26(31)16-21)36-15-14-33-12-4-3-5-13-33/h6-11,16-19,32H,3-5,12-15,20H2,1-2H3. The first-order valence-corrected chi connectivity index (χ1v) is 13.6. The molecule has 1 N–H and O–H groups in total. The fourth-order valence-electron chi connectivity index (χ4n) is 4.73. The summed E-state index contributed by atoms with van der Waals surface area (Å²) in [6.45, 7) is 4.04. The molecule has 194 valence electrons. The molecule has 1 aromatic heterocycles. The maximum Gasteiger partial charge on any atom is 0.165 e. The van der Waals surface area contributed by atoms with Gasteiger partial charge >= 0.3 is 0 Å². The third-order valence-corrected chi connectivity index (χ3v) is 7.96. The number of fused-ring (bicyclic) bond motifs is 1. The van der Waals surface area contributed by atoms with Gasteiger partial charge in [-0.2, -0.15) is 0 Å². The quantitative estimate of drug-likeness (QED) is 0.239. The van der Waals surface area contributed by atoms with Gasteiger partial charge in [0, 0.05) is 40.0 Å². The van der Waals surface area contributed by atoms with Crippen LogP contribution in [0.4, 0.5) is 10.1 Å². The second-order valence-electron chi connectivity index (χ2n) is 9.30. The van der Waals surface area contributed by atoms with Gasteiger partial charge in [-0.15, -0.1) is 11.3 Å². The molecule has 37 heavy (non-hydrogen) atoms. The molecule has 2 heterocycles. The van der Waals surface area contributed by atoms with Gasteiger partial charge < -0.3 is 19.5 Å². The van der Waals surface area contributed by atoms with E-state index < -0.39 is 0 Å². The normalized spacial score (nSPS) is 14.0. The van der Waals surface area contributed by atoms with E-state index in [4.69, 9.17) is 14.2 Å². The Balaban J connectivity index is 1.28. The lowest BCUT2D eigenvalue weighted by molar-refractivity contribution is 0.180. The first-order chi connectivity index (χ1) is 18.1. The van der Waals surface area contributed by atoms with Crippen molar-refractivity contribution in [3.8, 4) is 27.7 Å². The predicted molar refractivity (Wildman–Crippen MR) is 150 cm³/mol. The SMILES string of the molecule is COc1ccc(-c2cc3cc(OC)ccc3s2)c(NCc2ccc(OCCN3CCCCC3)c(F)c2)c1. The van der Waals surface area contributed by atoms with Crippen LogP contribution in [-0.2, 0) is 6.54 Å². The Kier molecular flexibility index (Phi) is 8.12. The molecule has 0 amide bonds. The minimum absolute atomic E-state index is 0.309. The number of thiophene rings is 1. The van der Waals surface area contributed by atoms with E-state index in [0.717, 1.165) is 58.2 Å².